The maximum atomic E-state index is 5.51. The van der Waals surface area contributed by atoms with Crippen molar-refractivity contribution in [2.45, 2.75) is 58.2 Å². The third kappa shape index (κ3) is 6.38. The van der Waals surface area contributed by atoms with Crippen molar-refractivity contribution in [1.29, 1.82) is 0 Å². The lowest BCUT2D eigenvalue weighted by Gasteiger charge is -2.19. The van der Waals surface area contributed by atoms with E-state index in [9.17, 15) is 0 Å². The molecule has 1 unspecified atom stereocenters. The summed E-state index contributed by atoms with van der Waals surface area (Å²) in [6.45, 7) is 7.75. The molecule has 0 saturated carbocycles. The van der Waals surface area contributed by atoms with E-state index in [1.54, 1.807) is 21.3 Å². The number of aromatic nitrogens is 1. The van der Waals surface area contributed by atoms with Crippen molar-refractivity contribution in [3.8, 4) is 11.5 Å². The van der Waals surface area contributed by atoms with Gasteiger partial charge in [0.2, 0.25) is 0 Å². The van der Waals surface area contributed by atoms with Crippen LogP contribution in [0.25, 0.3) is 0 Å². The van der Waals surface area contributed by atoms with Crippen molar-refractivity contribution in [2.24, 2.45) is 4.99 Å². The zero-order chi connectivity index (χ0) is 22.9. The summed E-state index contributed by atoms with van der Waals surface area (Å²) in [7, 11) is 5.15. The number of hydrogen-bond donors (Lipinski definition) is 2. The lowest BCUT2D eigenvalue weighted by atomic mass is 9.99. The summed E-state index contributed by atoms with van der Waals surface area (Å²) in [5, 5.41) is 11.1. The Bertz CT molecular complexity index is 856. The molecule has 1 aromatic heterocycles. The Hall–Kier alpha value is -2.74. The fourth-order valence-corrected chi connectivity index (χ4v) is 4.18. The highest BCUT2D eigenvalue weighted by atomic mass is 16.5. The van der Waals surface area contributed by atoms with Gasteiger partial charge < -0.3 is 24.6 Å². The number of methoxy groups -OCH3 is 2. The minimum atomic E-state index is 0.337. The molecular formula is C24H37N5O3. The number of aliphatic imine (C=N–C) groups is 1. The Morgan fingerprint density at radius 2 is 1.91 bits per heavy atom. The van der Waals surface area contributed by atoms with Crippen LogP contribution in [0.3, 0.4) is 0 Å². The Kier molecular flexibility index (Phi) is 8.79. The van der Waals surface area contributed by atoms with Gasteiger partial charge in [0, 0.05) is 50.8 Å². The SMILES string of the molecule is CCC(CC)c1cc(CNC(=NC)NC2CCN(Cc3cc(OC)cc(OC)c3)C2)on1. The van der Waals surface area contributed by atoms with Gasteiger partial charge >= 0.3 is 0 Å². The minimum Gasteiger partial charge on any atom is -0.497 e. The Morgan fingerprint density at radius 1 is 1.19 bits per heavy atom. The van der Waals surface area contributed by atoms with Gasteiger partial charge in [-0.3, -0.25) is 9.89 Å². The Balaban J connectivity index is 1.49. The van der Waals surface area contributed by atoms with Crippen LogP contribution in [-0.2, 0) is 13.1 Å². The summed E-state index contributed by atoms with van der Waals surface area (Å²) < 4.78 is 16.3. The highest BCUT2D eigenvalue weighted by molar-refractivity contribution is 5.79. The molecule has 1 aromatic carbocycles. The van der Waals surface area contributed by atoms with E-state index in [2.05, 4.69) is 57.7 Å². The van der Waals surface area contributed by atoms with Crippen molar-refractivity contribution < 1.29 is 14.0 Å². The van der Waals surface area contributed by atoms with Gasteiger partial charge in [0.05, 0.1) is 26.5 Å². The van der Waals surface area contributed by atoms with Gasteiger partial charge in [-0.1, -0.05) is 19.0 Å². The van der Waals surface area contributed by atoms with E-state index >= 15 is 0 Å². The molecule has 1 aliphatic heterocycles. The predicted molar refractivity (Wildman–Crippen MR) is 126 cm³/mol. The summed E-state index contributed by atoms with van der Waals surface area (Å²) >= 11 is 0. The first-order valence-corrected chi connectivity index (χ1v) is 11.4. The number of nitrogens with one attached hydrogen (secondary N) is 2. The van der Waals surface area contributed by atoms with E-state index in [-0.39, 0.29) is 0 Å². The van der Waals surface area contributed by atoms with Gasteiger partial charge in [0.1, 0.15) is 11.5 Å². The van der Waals surface area contributed by atoms with Gasteiger partial charge in [-0.2, -0.15) is 0 Å². The van der Waals surface area contributed by atoms with E-state index in [0.717, 1.165) is 67.8 Å². The molecule has 2 N–H and O–H groups in total. The number of benzene rings is 1. The summed E-state index contributed by atoms with van der Waals surface area (Å²) in [5.74, 6) is 3.70. The maximum absolute atomic E-state index is 5.51. The normalized spacial score (nSPS) is 17.1. The fraction of sp³-hybridized carbons (Fsp3) is 0.583. The molecule has 8 heteroatoms. The van der Waals surface area contributed by atoms with Crippen LogP contribution in [-0.4, -0.2) is 56.4 Å². The molecule has 2 aromatic rings. The van der Waals surface area contributed by atoms with Crippen LogP contribution < -0.4 is 20.1 Å². The first-order valence-electron chi connectivity index (χ1n) is 11.4. The van der Waals surface area contributed by atoms with Crippen LogP contribution in [0.15, 0.2) is 33.8 Å². The second kappa shape index (κ2) is 11.8. The summed E-state index contributed by atoms with van der Waals surface area (Å²) in [4.78, 5) is 6.80. The van der Waals surface area contributed by atoms with Crippen LogP contribution in [0.5, 0.6) is 11.5 Å². The van der Waals surface area contributed by atoms with Crippen LogP contribution >= 0.6 is 0 Å². The lowest BCUT2D eigenvalue weighted by Crippen LogP contribution is -2.44. The third-order valence-electron chi connectivity index (χ3n) is 6.07. The van der Waals surface area contributed by atoms with E-state index in [4.69, 9.17) is 14.0 Å². The third-order valence-corrected chi connectivity index (χ3v) is 6.07. The first-order chi connectivity index (χ1) is 15.6. The smallest absolute Gasteiger partial charge is 0.191 e. The highest BCUT2D eigenvalue weighted by Crippen LogP contribution is 2.25. The first kappa shape index (κ1) is 23.9. The molecule has 2 heterocycles. The van der Waals surface area contributed by atoms with Gasteiger partial charge in [-0.05, 0) is 37.0 Å². The monoisotopic (exact) mass is 443 g/mol. The summed E-state index contributed by atoms with van der Waals surface area (Å²) in [6, 6.07) is 8.42. The molecule has 0 bridgehead atoms. The topological polar surface area (TPSA) is 84.2 Å². The van der Waals surface area contributed by atoms with E-state index in [0.29, 0.717) is 18.5 Å². The van der Waals surface area contributed by atoms with Crippen LogP contribution in [0.1, 0.15) is 56.0 Å². The molecular weight excluding hydrogens is 406 g/mol. The van der Waals surface area contributed by atoms with Gasteiger partial charge in [0.25, 0.3) is 0 Å². The van der Waals surface area contributed by atoms with Crippen LogP contribution in [0.4, 0.5) is 0 Å². The van der Waals surface area contributed by atoms with E-state index in [1.165, 1.54) is 5.56 Å². The molecule has 1 atom stereocenters. The molecule has 1 aliphatic rings. The quantitative estimate of drug-likeness (QED) is 0.429. The number of nitrogens with zero attached hydrogens (tertiary/aromatic N) is 3. The van der Waals surface area contributed by atoms with E-state index < -0.39 is 0 Å². The summed E-state index contributed by atoms with van der Waals surface area (Å²) in [6.07, 6.45) is 3.20. The van der Waals surface area contributed by atoms with Crippen molar-refractivity contribution in [1.82, 2.24) is 20.7 Å². The van der Waals surface area contributed by atoms with Gasteiger partial charge in [0.15, 0.2) is 11.7 Å². The number of guanidine groups is 1. The van der Waals surface area contributed by atoms with E-state index in [1.807, 2.05) is 6.07 Å². The van der Waals surface area contributed by atoms with Crippen LogP contribution in [0.2, 0.25) is 0 Å². The van der Waals surface area contributed by atoms with Gasteiger partial charge in [-0.25, -0.2) is 0 Å². The molecule has 1 saturated heterocycles. The minimum absolute atomic E-state index is 0.337. The Morgan fingerprint density at radius 3 is 2.53 bits per heavy atom. The maximum Gasteiger partial charge on any atom is 0.191 e. The van der Waals surface area contributed by atoms with Crippen LogP contribution in [0, 0.1) is 0 Å². The summed E-state index contributed by atoms with van der Waals surface area (Å²) in [5.41, 5.74) is 2.22. The Labute approximate surface area is 191 Å². The molecule has 0 radical (unpaired) electrons. The molecule has 32 heavy (non-hydrogen) atoms. The molecule has 8 nitrogen and oxygen atoms in total. The molecule has 0 aliphatic carbocycles. The molecule has 3 rings (SSSR count). The van der Waals surface area contributed by atoms with Crippen molar-refractivity contribution in [2.75, 3.05) is 34.4 Å². The number of rotatable bonds is 10. The average molecular weight is 444 g/mol. The second-order valence-electron chi connectivity index (χ2n) is 8.24. The van der Waals surface area contributed by atoms with Gasteiger partial charge in [-0.15, -0.1) is 0 Å². The molecule has 176 valence electrons. The zero-order valence-corrected chi connectivity index (χ0v) is 20.0. The van der Waals surface area contributed by atoms with Crippen molar-refractivity contribution >= 4 is 5.96 Å². The predicted octanol–water partition coefficient (Wildman–Crippen LogP) is 3.53. The largest absolute Gasteiger partial charge is 0.497 e. The average Bonchev–Trinajstić information content (AvgIpc) is 3.46. The lowest BCUT2D eigenvalue weighted by molar-refractivity contribution is 0.321. The standard InChI is InChI=1S/C24H37N5O3/c1-6-18(7-2)23-13-22(32-28-23)14-26-24(25-3)27-19-8-9-29(16-19)15-17-10-20(30-4)12-21(11-17)31-5/h10-13,18-19H,6-9,14-16H2,1-5H3,(H2,25,26,27). The fourth-order valence-electron chi connectivity index (χ4n) is 4.18. The molecule has 1 fully saturated rings. The second-order valence-corrected chi connectivity index (χ2v) is 8.24. The van der Waals surface area contributed by atoms with Crippen molar-refractivity contribution in [3.63, 3.8) is 0 Å². The number of ether oxygens (including phenoxy) is 2. The molecule has 0 spiro atoms. The molecule has 0 amide bonds. The number of hydrogen-bond acceptors (Lipinski definition) is 6. The van der Waals surface area contributed by atoms with Crippen molar-refractivity contribution in [3.05, 3.63) is 41.3 Å². The number of likely N-dealkylation sites (tertiary alicyclic amines) is 1. The zero-order valence-electron chi connectivity index (χ0n) is 20.0. The highest BCUT2D eigenvalue weighted by Gasteiger charge is 2.23.